The molecule has 0 spiro atoms. The van der Waals surface area contributed by atoms with Gasteiger partial charge in [-0.3, -0.25) is 4.79 Å². The van der Waals surface area contributed by atoms with Crippen LogP contribution in [-0.4, -0.2) is 87.5 Å². The van der Waals surface area contributed by atoms with Crippen molar-refractivity contribution in [2.45, 2.75) is 391 Å². The fraction of sp³-hybridized carbons (Fsp3) is 0.900. The molecule has 7 atom stereocenters. The predicted molar refractivity (Wildman–Crippen MR) is 337 cm³/mol. The highest BCUT2D eigenvalue weighted by Crippen LogP contribution is 2.23. The Labute approximate surface area is 489 Å². The number of rotatable bonds is 61. The molecule has 0 aromatic rings. The molecule has 9 nitrogen and oxygen atoms in total. The minimum Gasteiger partial charge on any atom is -0.394 e. The summed E-state index contributed by atoms with van der Waals surface area (Å²) in [6.07, 6.45) is 72.5. The molecule has 1 aliphatic rings. The lowest BCUT2D eigenvalue weighted by molar-refractivity contribution is -0.302. The second-order valence-electron chi connectivity index (χ2n) is 24.3. The van der Waals surface area contributed by atoms with E-state index in [0.717, 1.165) is 44.9 Å². The smallest absolute Gasteiger partial charge is 0.220 e. The zero-order valence-electron chi connectivity index (χ0n) is 52.2. The number of aliphatic hydroxyl groups excluding tert-OH is 5. The van der Waals surface area contributed by atoms with Crippen LogP contribution in [0.2, 0.25) is 0 Å². The summed E-state index contributed by atoms with van der Waals surface area (Å²) in [4.78, 5) is 13.1. The zero-order chi connectivity index (χ0) is 57.2. The molecular weight excluding hydrogens is 983 g/mol. The van der Waals surface area contributed by atoms with Crippen LogP contribution >= 0.6 is 0 Å². The van der Waals surface area contributed by atoms with Gasteiger partial charge < -0.3 is 40.3 Å². The van der Waals surface area contributed by atoms with Gasteiger partial charge in [-0.1, -0.05) is 326 Å². The minimum absolute atomic E-state index is 0.171. The molecule has 0 aliphatic carbocycles. The first kappa shape index (κ1) is 75.4. The maximum absolute atomic E-state index is 13.1. The molecule has 1 amide bonds. The zero-order valence-corrected chi connectivity index (χ0v) is 52.2. The average molecular weight is 1120 g/mol. The molecule has 9 heteroatoms. The number of ether oxygens (including phenoxy) is 2. The number of allylic oxidation sites excluding steroid dienone is 5. The van der Waals surface area contributed by atoms with Crippen molar-refractivity contribution >= 4 is 5.91 Å². The summed E-state index contributed by atoms with van der Waals surface area (Å²) in [6.45, 7) is 3.83. The van der Waals surface area contributed by atoms with Crippen LogP contribution < -0.4 is 5.32 Å². The van der Waals surface area contributed by atoms with Crippen LogP contribution in [0.4, 0.5) is 0 Å². The van der Waals surface area contributed by atoms with Gasteiger partial charge in [0, 0.05) is 6.42 Å². The molecule has 1 fully saturated rings. The van der Waals surface area contributed by atoms with Crippen LogP contribution in [0.3, 0.4) is 0 Å². The largest absolute Gasteiger partial charge is 0.394 e. The third-order valence-corrected chi connectivity index (χ3v) is 16.7. The maximum atomic E-state index is 13.1. The van der Waals surface area contributed by atoms with Crippen molar-refractivity contribution in [3.05, 3.63) is 36.5 Å². The summed E-state index contributed by atoms with van der Waals surface area (Å²) in [5.74, 6) is -0.171. The van der Waals surface area contributed by atoms with E-state index in [2.05, 4.69) is 43.5 Å². The lowest BCUT2D eigenvalue weighted by Gasteiger charge is -2.40. The first-order chi connectivity index (χ1) is 38.8. The van der Waals surface area contributed by atoms with Gasteiger partial charge in [-0.05, 0) is 51.4 Å². The summed E-state index contributed by atoms with van der Waals surface area (Å²) in [5, 5.41) is 54.7. The Kier molecular flexibility index (Phi) is 56.9. The Balaban J connectivity index is 2.12. The number of hydrogen-bond donors (Lipinski definition) is 6. The number of unbranched alkanes of at least 4 members (excludes halogenated alkanes) is 47. The number of aliphatic hydroxyl groups is 5. The predicted octanol–water partition coefficient (Wildman–Crippen LogP) is 18.6. The summed E-state index contributed by atoms with van der Waals surface area (Å²) in [5.41, 5.74) is 0. The van der Waals surface area contributed by atoms with Gasteiger partial charge in [0.05, 0.1) is 25.4 Å². The summed E-state index contributed by atoms with van der Waals surface area (Å²) in [6, 6.07) is -0.805. The Morgan fingerprint density at radius 3 is 1.09 bits per heavy atom. The van der Waals surface area contributed by atoms with Gasteiger partial charge >= 0.3 is 0 Å². The minimum atomic E-state index is -1.57. The highest BCUT2D eigenvalue weighted by atomic mass is 16.7. The van der Waals surface area contributed by atoms with E-state index < -0.39 is 49.5 Å². The van der Waals surface area contributed by atoms with Crippen molar-refractivity contribution in [3.63, 3.8) is 0 Å². The fourth-order valence-corrected chi connectivity index (χ4v) is 11.3. The molecule has 7 unspecified atom stereocenters. The van der Waals surface area contributed by atoms with Gasteiger partial charge in [0.2, 0.25) is 5.91 Å². The standard InChI is InChI=1S/C70H133NO8/c1-3-5-7-9-11-13-15-17-19-21-23-25-27-28-29-30-31-32-33-34-35-36-38-40-42-44-46-48-50-52-54-56-58-60-66(74)71-63(62-78-70-69(77)68(76)67(75)65(61-72)79-70)64(73)59-57-55-53-51-49-47-45-43-41-39-37-26-24-22-20-18-16-14-12-10-8-6-4-2/h23,25,28-29,57,59,63-65,67-70,72-73,75-77H,3-22,24,26-27,30-56,58,60-62H2,1-2H3,(H,71,74)/b25-23-,29-28-,59-57+. The van der Waals surface area contributed by atoms with Crippen molar-refractivity contribution in [1.29, 1.82) is 0 Å². The number of carbonyl (C=O) groups is 1. The average Bonchev–Trinajstić information content (AvgIpc) is 3.47. The molecule has 0 saturated carbocycles. The number of nitrogens with one attached hydrogen (secondary N) is 1. The Bertz CT molecular complexity index is 1340. The number of hydrogen-bond acceptors (Lipinski definition) is 8. The van der Waals surface area contributed by atoms with E-state index in [1.165, 1.54) is 283 Å². The molecule has 466 valence electrons. The first-order valence-electron chi connectivity index (χ1n) is 34.7. The maximum Gasteiger partial charge on any atom is 0.220 e. The van der Waals surface area contributed by atoms with Crippen LogP contribution in [-0.2, 0) is 14.3 Å². The van der Waals surface area contributed by atoms with E-state index in [0.29, 0.717) is 6.42 Å². The molecule has 0 radical (unpaired) electrons. The molecule has 6 N–H and O–H groups in total. The van der Waals surface area contributed by atoms with Crippen molar-refractivity contribution in [3.8, 4) is 0 Å². The Morgan fingerprint density at radius 1 is 0.430 bits per heavy atom. The van der Waals surface area contributed by atoms with Gasteiger partial charge in [0.15, 0.2) is 6.29 Å². The van der Waals surface area contributed by atoms with Gasteiger partial charge in [-0.2, -0.15) is 0 Å². The lowest BCUT2D eigenvalue weighted by Crippen LogP contribution is -2.60. The van der Waals surface area contributed by atoms with E-state index in [4.69, 9.17) is 9.47 Å². The molecule has 1 rings (SSSR count). The van der Waals surface area contributed by atoms with Gasteiger partial charge in [-0.15, -0.1) is 0 Å². The Hall–Kier alpha value is -1.59. The first-order valence-corrected chi connectivity index (χ1v) is 34.7. The monoisotopic (exact) mass is 1120 g/mol. The quantitative estimate of drug-likeness (QED) is 0.0261. The molecule has 1 saturated heterocycles. The van der Waals surface area contributed by atoms with Gasteiger partial charge in [0.25, 0.3) is 0 Å². The Morgan fingerprint density at radius 2 is 0.747 bits per heavy atom. The molecule has 1 heterocycles. The number of amides is 1. The van der Waals surface area contributed by atoms with E-state index in [9.17, 15) is 30.3 Å². The van der Waals surface area contributed by atoms with Crippen LogP contribution in [0.5, 0.6) is 0 Å². The van der Waals surface area contributed by atoms with Crippen LogP contribution in [0.25, 0.3) is 0 Å². The van der Waals surface area contributed by atoms with Crippen molar-refractivity contribution in [2.75, 3.05) is 13.2 Å². The topological polar surface area (TPSA) is 149 Å². The van der Waals surface area contributed by atoms with E-state index >= 15 is 0 Å². The molecule has 0 aromatic carbocycles. The van der Waals surface area contributed by atoms with Crippen molar-refractivity contribution in [1.82, 2.24) is 5.32 Å². The summed E-state index contributed by atoms with van der Waals surface area (Å²) in [7, 11) is 0. The SMILES string of the molecule is CCCCCCCCCCC/C=C\C/C=C\CCCCCCCCCCCCCCCCCCCC(=O)NC(COC1OC(CO)C(O)C(O)C1O)C(O)/C=C/CCCCCCCCCCCCCCCCCCCCCCC. The van der Waals surface area contributed by atoms with Gasteiger partial charge in [-0.25, -0.2) is 0 Å². The molecule has 0 bridgehead atoms. The molecule has 79 heavy (non-hydrogen) atoms. The van der Waals surface area contributed by atoms with Crippen molar-refractivity contribution in [2.24, 2.45) is 0 Å². The number of carbonyl (C=O) groups excluding carboxylic acids is 1. The van der Waals surface area contributed by atoms with Crippen LogP contribution in [0, 0.1) is 0 Å². The fourth-order valence-electron chi connectivity index (χ4n) is 11.3. The van der Waals surface area contributed by atoms with Gasteiger partial charge in [0.1, 0.15) is 24.4 Å². The highest BCUT2D eigenvalue weighted by molar-refractivity contribution is 5.76. The summed E-state index contributed by atoms with van der Waals surface area (Å²) >= 11 is 0. The van der Waals surface area contributed by atoms with E-state index in [1.807, 2.05) is 6.08 Å². The summed E-state index contributed by atoms with van der Waals surface area (Å²) < 4.78 is 11.3. The van der Waals surface area contributed by atoms with E-state index in [-0.39, 0.29) is 12.5 Å². The third kappa shape index (κ3) is 48.5. The second-order valence-corrected chi connectivity index (χ2v) is 24.3. The van der Waals surface area contributed by atoms with Crippen LogP contribution in [0.15, 0.2) is 36.5 Å². The van der Waals surface area contributed by atoms with Crippen molar-refractivity contribution < 1.29 is 39.8 Å². The molecule has 1 aliphatic heterocycles. The second kappa shape index (κ2) is 59.6. The van der Waals surface area contributed by atoms with Crippen LogP contribution in [0.1, 0.15) is 348 Å². The molecule has 0 aromatic heterocycles. The highest BCUT2D eigenvalue weighted by Gasteiger charge is 2.44. The normalized spacial score (nSPS) is 18.7. The van der Waals surface area contributed by atoms with E-state index in [1.54, 1.807) is 6.08 Å². The third-order valence-electron chi connectivity index (χ3n) is 16.7. The lowest BCUT2D eigenvalue weighted by atomic mass is 9.99. The molecular formula is C70H133NO8.